The van der Waals surface area contributed by atoms with Crippen LogP contribution in [0.15, 0.2) is 30.3 Å². The molecule has 1 aliphatic heterocycles. The third-order valence-electron chi connectivity index (χ3n) is 3.25. The summed E-state index contributed by atoms with van der Waals surface area (Å²) in [4.78, 5) is 13.6. The third-order valence-corrected chi connectivity index (χ3v) is 3.25. The Kier molecular flexibility index (Phi) is 4.84. The fraction of sp³-hybridized carbons (Fsp3) is 0.500. The van der Waals surface area contributed by atoms with Crippen molar-refractivity contribution in [1.29, 1.82) is 0 Å². The Morgan fingerprint density at radius 2 is 1.94 bits per heavy atom. The van der Waals surface area contributed by atoms with Crippen molar-refractivity contribution in [3.63, 3.8) is 0 Å². The molecule has 1 aliphatic rings. The van der Waals surface area contributed by atoms with Crippen LogP contribution >= 0.6 is 0 Å². The van der Waals surface area contributed by atoms with Crippen molar-refractivity contribution < 1.29 is 9.18 Å². The van der Waals surface area contributed by atoms with Crippen LogP contribution in [0.2, 0.25) is 0 Å². The van der Waals surface area contributed by atoms with E-state index >= 15 is 0 Å². The van der Waals surface area contributed by atoms with Crippen LogP contribution in [-0.4, -0.2) is 43.2 Å². The molecule has 98 valence electrons. The van der Waals surface area contributed by atoms with E-state index < -0.39 is 6.30 Å². The van der Waals surface area contributed by atoms with E-state index in [1.807, 2.05) is 18.2 Å². The van der Waals surface area contributed by atoms with E-state index in [9.17, 15) is 9.18 Å². The number of piperazine rings is 1. The van der Waals surface area contributed by atoms with Crippen molar-refractivity contribution in [2.45, 2.75) is 19.1 Å². The van der Waals surface area contributed by atoms with Crippen LogP contribution in [0.1, 0.15) is 23.2 Å². The minimum atomic E-state index is -1.00. The first-order chi connectivity index (χ1) is 8.77. The van der Waals surface area contributed by atoms with Gasteiger partial charge in [-0.2, -0.15) is 0 Å². The van der Waals surface area contributed by atoms with Gasteiger partial charge in [0.15, 0.2) is 12.1 Å². The maximum absolute atomic E-state index is 13.9. The average Bonchev–Trinajstić information content (AvgIpc) is 2.46. The molecule has 0 aliphatic carbocycles. The minimum absolute atomic E-state index is 0.0217. The molecule has 0 aromatic heterocycles. The van der Waals surface area contributed by atoms with Crippen molar-refractivity contribution in [3.05, 3.63) is 35.9 Å². The zero-order valence-corrected chi connectivity index (χ0v) is 10.4. The van der Waals surface area contributed by atoms with Crippen molar-refractivity contribution in [2.24, 2.45) is 0 Å². The molecule has 1 aromatic carbocycles. The van der Waals surface area contributed by atoms with E-state index in [0.29, 0.717) is 5.56 Å². The van der Waals surface area contributed by atoms with Crippen LogP contribution in [0.4, 0.5) is 4.39 Å². The molecule has 1 atom stereocenters. The fourth-order valence-electron chi connectivity index (χ4n) is 2.16. The molecule has 0 bridgehead atoms. The lowest BCUT2D eigenvalue weighted by Gasteiger charge is -2.30. The van der Waals surface area contributed by atoms with Gasteiger partial charge in [-0.05, 0) is 6.42 Å². The highest BCUT2D eigenvalue weighted by molar-refractivity contribution is 5.95. The summed E-state index contributed by atoms with van der Waals surface area (Å²) in [6.45, 7) is 3.10. The number of benzene rings is 1. The zero-order chi connectivity index (χ0) is 12.8. The van der Waals surface area contributed by atoms with Gasteiger partial charge in [0.1, 0.15) is 0 Å². The summed E-state index contributed by atoms with van der Waals surface area (Å²) in [5.41, 5.74) is 0.671. The Hall–Kier alpha value is -1.26. The lowest BCUT2D eigenvalue weighted by atomic mass is 10.1. The molecule has 0 radical (unpaired) electrons. The molecular formula is C14H19FN2O. The quantitative estimate of drug-likeness (QED) is 0.639. The fourth-order valence-corrected chi connectivity index (χ4v) is 2.16. The van der Waals surface area contributed by atoms with Crippen molar-refractivity contribution in [3.8, 4) is 0 Å². The molecule has 1 aromatic rings. The van der Waals surface area contributed by atoms with Crippen LogP contribution in [0.3, 0.4) is 0 Å². The van der Waals surface area contributed by atoms with Crippen LogP contribution < -0.4 is 5.32 Å². The molecule has 1 unspecified atom stereocenters. The monoisotopic (exact) mass is 250 g/mol. The number of halogens is 1. The highest BCUT2D eigenvalue weighted by Crippen LogP contribution is 2.12. The van der Waals surface area contributed by atoms with Gasteiger partial charge in [-0.1, -0.05) is 30.3 Å². The Labute approximate surface area is 107 Å². The topological polar surface area (TPSA) is 32.3 Å². The average molecular weight is 250 g/mol. The summed E-state index contributed by atoms with van der Waals surface area (Å²) in [7, 11) is 0. The Morgan fingerprint density at radius 1 is 1.28 bits per heavy atom. The molecule has 0 saturated carbocycles. The number of ketones is 1. The number of Topliss-reactive ketones (excluding diaryl/α,β-unsaturated/α-hetero) is 1. The van der Waals surface area contributed by atoms with Crippen molar-refractivity contribution in [2.75, 3.05) is 26.2 Å². The Morgan fingerprint density at radius 3 is 2.61 bits per heavy atom. The van der Waals surface area contributed by atoms with Gasteiger partial charge in [0.25, 0.3) is 0 Å². The first-order valence-electron chi connectivity index (χ1n) is 6.44. The number of carbonyl (C=O) groups is 1. The number of alkyl halides is 1. The molecule has 1 fully saturated rings. The van der Waals surface area contributed by atoms with Crippen LogP contribution in [-0.2, 0) is 0 Å². The van der Waals surface area contributed by atoms with E-state index in [1.165, 1.54) is 0 Å². The minimum Gasteiger partial charge on any atom is -0.314 e. The second-order valence-corrected chi connectivity index (χ2v) is 4.55. The molecule has 0 spiro atoms. The number of rotatable bonds is 5. The summed E-state index contributed by atoms with van der Waals surface area (Å²) in [6, 6.07) is 9.09. The van der Waals surface area contributed by atoms with Gasteiger partial charge in [-0.15, -0.1) is 0 Å². The highest BCUT2D eigenvalue weighted by atomic mass is 19.1. The normalized spacial score (nSPS) is 18.5. The van der Waals surface area contributed by atoms with Crippen LogP contribution in [0.25, 0.3) is 0 Å². The van der Waals surface area contributed by atoms with Crippen molar-refractivity contribution in [1.82, 2.24) is 10.2 Å². The van der Waals surface area contributed by atoms with Crippen LogP contribution in [0.5, 0.6) is 0 Å². The van der Waals surface area contributed by atoms with Crippen molar-refractivity contribution >= 4 is 5.78 Å². The molecule has 4 heteroatoms. The summed E-state index contributed by atoms with van der Waals surface area (Å²) >= 11 is 0. The molecule has 18 heavy (non-hydrogen) atoms. The lowest BCUT2D eigenvalue weighted by molar-refractivity contribution is 0.0588. The highest BCUT2D eigenvalue weighted by Gasteiger charge is 2.20. The van der Waals surface area contributed by atoms with E-state index in [0.717, 1.165) is 26.2 Å². The predicted octanol–water partition coefficient (Wildman–Crippen LogP) is 1.85. The summed E-state index contributed by atoms with van der Waals surface area (Å²) in [6.07, 6.45) is -0.442. The van der Waals surface area contributed by atoms with E-state index in [1.54, 1.807) is 17.0 Å². The third kappa shape index (κ3) is 3.62. The summed E-state index contributed by atoms with van der Waals surface area (Å²) in [5, 5.41) is 3.19. The van der Waals surface area contributed by atoms with Gasteiger partial charge < -0.3 is 5.32 Å². The molecule has 2 rings (SSSR count). The Bertz CT molecular complexity index is 377. The zero-order valence-electron chi connectivity index (χ0n) is 10.4. The lowest BCUT2D eigenvalue weighted by Crippen LogP contribution is -2.47. The van der Waals surface area contributed by atoms with Gasteiger partial charge in [-0.25, -0.2) is 4.39 Å². The van der Waals surface area contributed by atoms with Crippen LogP contribution in [0, 0.1) is 0 Å². The number of hydrogen-bond acceptors (Lipinski definition) is 3. The first kappa shape index (κ1) is 13.2. The molecule has 1 N–H and O–H groups in total. The summed E-state index contributed by atoms with van der Waals surface area (Å²) in [5.74, 6) is 0.0217. The van der Waals surface area contributed by atoms with E-state index in [2.05, 4.69) is 5.32 Å². The second-order valence-electron chi connectivity index (χ2n) is 4.55. The number of hydrogen-bond donors (Lipinski definition) is 1. The van der Waals surface area contributed by atoms with E-state index in [-0.39, 0.29) is 18.6 Å². The predicted molar refractivity (Wildman–Crippen MR) is 69.3 cm³/mol. The maximum atomic E-state index is 13.9. The molecule has 1 saturated heterocycles. The van der Waals surface area contributed by atoms with Gasteiger partial charge in [0.2, 0.25) is 0 Å². The first-order valence-corrected chi connectivity index (χ1v) is 6.44. The number of carbonyl (C=O) groups excluding carboxylic acids is 1. The standard InChI is InChI=1S/C14H19FN2O/c15-14(17-10-8-16-9-11-17)7-6-13(18)12-4-2-1-3-5-12/h1-5,14,16H,6-11H2. The smallest absolute Gasteiger partial charge is 0.163 e. The molecule has 0 amide bonds. The number of nitrogens with one attached hydrogen (secondary N) is 1. The maximum Gasteiger partial charge on any atom is 0.163 e. The van der Waals surface area contributed by atoms with E-state index in [4.69, 9.17) is 0 Å². The number of nitrogens with zero attached hydrogens (tertiary/aromatic N) is 1. The molecular weight excluding hydrogens is 231 g/mol. The Balaban J connectivity index is 1.78. The van der Waals surface area contributed by atoms with Gasteiger partial charge in [0.05, 0.1) is 0 Å². The van der Waals surface area contributed by atoms with Gasteiger partial charge in [0, 0.05) is 38.2 Å². The largest absolute Gasteiger partial charge is 0.314 e. The van der Waals surface area contributed by atoms with Gasteiger partial charge in [-0.3, -0.25) is 9.69 Å². The summed E-state index contributed by atoms with van der Waals surface area (Å²) < 4.78 is 13.9. The van der Waals surface area contributed by atoms with Gasteiger partial charge >= 0.3 is 0 Å². The molecule has 1 heterocycles. The second kappa shape index (κ2) is 6.61. The SMILES string of the molecule is O=C(CCC(F)N1CCNCC1)c1ccccc1. The molecule has 3 nitrogen and oxygen atoms in total.